The molecular weight excluding hydrogens is 623 g/mol. The molecule has 4 aliphatic carbocycles. The van der Waals surface area contributed by atoms with Crippen molar-refractivity contribution in [3.8, 4) is 0 Å². The van der Waals surface area contributed by atoms with Crippen LogP contribution in [0.15, 0.2) is 94.1 Å². The Labute approximate surface area is 275 Å². The van der Waals surface area contributed by atoms with Crippen molar-refractivity contribution >= 4 is 31.7 Å². The van der Waals surface area contributed by atoms with E-state index in [1.807, 2.05) is 6.88 Å². The molecule has 0 bridgehead atoms. The fourth-order valence-corrected chi connectivity index (χ4v) is 6.42. The summed E-state index contributed by atoms with van der Waals surface area (Å²) >= 11 is 1.58. The summed E-state index contributed by atoms with van der Waals surface area (Å²) in [6, 6.07) is 22.0. The molecular formula is C36H48Cl2SiZr-4. The molecule has 2 aromatic carbocycles. The molecule has 0 aromatic heterocycles. The normalized spacial score (nSPS) is 20.7. The molecule has 0 fully saturated rings. The second kappa shape index (κ2) is 20.1. The summed E-state index contributed by atoms with van der Waals surface area (Å²) in [5.74, 6) is 1.30. The molecule has 0 nitrogen and oxygen atoms in total. The second-order valence-corrected chi connectivity index (χ2v) is 10.6. The van der Waals surface area contributed by atoms with Gasteiger partial charge in [0.1, 0.15) is 0 Å². The molecule has 0 heterocycles. The second-order valence-electron chi connectivity index (χ2n) is 10.6. The van der Waals surface area contributed by atoms with Crippen molar-refractivity contribution in [2.24, 2.45) is 0 Å². The molecule has 0 spiro atoms. The van der Waals surface area contributed by atoms with E-state index in [4.69, 9.17) is 0 Å². The molecule has 2 aromatic rings. The molecule has 2 unspecified atom stereocenters. The first-order chi connectivity index (χ1) is 17.7. The molecule has 0 radical (unpaired) electrons. The summed E-state index contributed by atoms with van der Waals surface area (Å²) in [7, 11) is 0. The van der Waals surface area contributed by atoms with Crippen LogP contribution in [0.5, 0.6) is 0 Å². The van der Waals surface area contributed by atoms with Gasteiger partial charge in [-0.15, -0.1) is 24.8 Å². The van der Waals surface area contributed by atoms with Crippen molar-refractivity contribution in [1.82, 2.24) is 0 Å². The van der Waals surface area contributed by atoms with Crippen LogP contribution in [0.25, 0.3) is 0 Å². The minimum atomic E-state index is 0. The van der Waals surface area contributed by atoms with Gasteiger partial charge in [0.2, 0.25) is 0 Å². The molecule has 40 heavy (non-hydrogen) atoms. The maximum atomic E-state index is 3.59. The Morgan fingerprint density at radius 3 is 1.30 bits per heavy atom. The summed E-state index contributed by atoms with van der Waals surface area (Å²) in [5.41, 5.74) is 12.2. The van der Waals surface area contributed by atoms with E-state index >= 15 is 0 Å². The SMILES string of the molecule is CC1=[C-]C2=C(C1)C(c1ccccc1)CCCC2.CC1=[C-]C2=C(C1)C(c1ccccc1)CCCC2.Cl.Cl.[CH3-].[CH3-].[SiH2]=[Zr]. The summed E-state index contributed by atoms with van der Waals surface area (Å²) < 4.78 is 0. The van der Waals surface area contributed by atoms with Crippen LogP contribution in [0, 0.1) is 27.0 Å². The van der Waals surface area contributed by atoms with E-state index in [0.29, 0.717) is 11.8 Å². The van der Waals surface area contributed by atoms with E-state index < -0.39 is 0 Å². The van der Waals surface area contributed by atoms with E-state index in [1.54, 1.807) is 34.5 Å². The molecule has 0 amide bonds. The Morgan fingerprint density at radius 1 is 0.600 bits per heavy atom. The third-order valence-corrected chi connectivity index (χ3v) is 8.00. The topological polar surface area (TPSA) is 0 Å². The molecule has 6 rings (SSSR count). The number of allylic oxidation sites excluding steroid dienone is 8. The van der Waals surface area contributed by atoms with Crippen molar-refractivity contribution in [2.75, 3.05) is 0 Å². The first-order valence-corrected chi connectivity index (χ1v) is 19.7. The molecule has 0 N–H and O–H groups in total. The van der Waals surface area contributed by atoms with E-state index in [0.717, 1.165) is 12.8 Å². The Morgan fingerprint density at radius 2 is 0.950 bits per heavy atom. The van der Waals surface area contributed by atoms with E-state index in [-0.39, 0.29) is 39.7 Å². The quantitative estimate of drug-likeness (QED) is 0.220. The van der Waals surface area contributed by atoms with Crippen LogP contribution in [0.3, 0.4) is 0 Å². The van der Waals surface area contributed by atoms with Gasteiger partial charge in [0.15, 0.2) is 0 Å². The number of rotatable bonds is 2. The van der Waals surface area contributed by atoms with E-state index in [1.165, 1.54) is 84.8 Å². The molecule has 4 aliphatic rings. The fourth-order valence-electron chi connectivity index (χ4n) is 6.42. The van der Waals surface area contributed by atoms with Crippen LogP contribution >= 0.6 is 24.8 Å². The van der Waals surface area contributed by atoms with Crippen LogP contribution in [0.1, 0.15) is 101 Å². The Balaban J connectivity index is 0.000000655. The summed E-state index contributed by atoms with van der Waals surface area (Å²) in [5, 5.41) is 0. The van der Waals surface area contributed by atoms with Crippen LogP contribution in [0.4, 0.5) is 0 Å². The fraction of sp³-hybridized carbons (Fsp3) is 0.389. The van der Waals surface area contributed by atoms with Crippen LogP contribution in [-0.2, 0) is 23.3 Å². The Hall–Kier alpha value is -0.920. The average molecular weight is 671 g/mol. The van der Waals surface area contributed by atoms with Crippen molar-refractivity contribution in [3.05, 3.63) is 132 Å². The van der Waals surface area contributed by atoms with Gasteiger partial charge in [-0.2, -0.15) is 11.1 Å². The maximum absolute atomic E-state index is 3.59. The monoisotopic (exact) mass is 668 g/mol. The molecule has 218 valence electrons. The van der Waals surface area contributed by atoms with Gasteiger partial charge in [-0.05, 0) is 0 Å². The zero-order valence-electron chi connectivity index (χ0n) is 25.0. The van der Waals surface area contributed by atoms with Gasteiger partial charge < -0.3 is 14.9 Å². The summed E-state index contributed by atoms with van der Waals surface area (Å²) in [4.78, 5) is 0. The van der Waals surface area contributed by atoms with Gasteiger partial charge >= 0.3 is 30.2 Å². The van der Waals surface area contributed by atoms with Crippen molar-refractivity contribution < 1.29 is 23.3 Å². The van der Waals surface area contributed by atoms with Crippen molar-refractivity contribution in [1.29, 1.82) is 0 Å². The van der Waals surface area contributed by atoms with E-state index in [2.05, 4.69) is 86.7 Å². The third kappa shape index (κ3) is 10.1. The zero-order chi connectivity index (χ0) is 25.3. The number of benzene rings is 2. The van der Waals surface area contributed by atoms with Crippen LogP contribution in [0.2, 0.25) is 0 Å². The van der Waals surface area contributed by atoms with Crippen molar-refractivity contribution in [2.45, 2.75) is 89.9 Å². The molecule has 0 saturated heterocycles. The Bertz CT molecular complexity index is 1060. The molecule has 4 heteroatoms. The molecule has 0 aliphatic heterocycles. The van der Waals surface area contributed by atoms with Gasteiger partial charge in [-0.3, -0.25) is 0 Å². The van der Waals surface area contributed by atoms with Crippen LogP contribution < -0.4 is 0 Å². The zero-order valence-corrected chi connectivity index (χ0v) is 30.5. The summed E-state index contributed by atoms with van der Waals surface area (Å²) in [6.45, 7) is 6.39. The predicted octanol–water partition coefficient (Wildman–Crippen LogP) is 10.4. The van der Waals surface area contributed by atoms with Crippen molar-refractivity contribution in [3.63, 3.8) is 0 Å². The number of hydrogen-bond acceptors (Lipinski definition) is 0. The first kappa shape index (κ1) is 39.1. The standard InChI is InChI=1S/2C17H19.2CH3.2ClH.H2Si.Zr/c2*1-13-11-15-9-5-6-10-16(17(15)12-13)14-7-3-2-4-8-14;;;;;;/h2*2-4,7-8,16H,5-6,9-10,12H2,1H3;2*1H3;2*1H;1H2;/q4*-1;;;;. The summed E-state index contributed by atoms with van der Waals surface area (Å²) in [6.07, 6.45) is 20.0. The van der Waals surface area contributed by atoms with Gasteiger partial charge in [-0.25, -0.2) is 34.4 Å². The third-order valence-electron chi connectivity index (χ3n) is 8.00. The molecule has 0 saturated carbocycles. The van der Waals surface area contributed by atoms with E-state index in [9.17, 15) is 0 Å². The first-order valence-electron chi connectivity index (χ1n) is 13.8. The predicted molar refractivity (Wildman–Crippen MR) is 179 cm³/mol. The van der Waals surface area contributed by atoms with Gasteiger partial charge in [0, 0.05) is 0 Å². The number of hydrogen-bond donors (Lipinski definition) is 0. The van der Waals surface area contributed by atoms with Gasteiger partial charge in [-0.1, -0.05) is 162 Å². The minimum absolute atomic E-state index is 0. The van der Waals surface area contributed by atoms with Gasteiger partial charge in [0.25, 0.3) is 0 Å². The molecule has 2 atom stereocenters. The van der Waals surface area contributed by atoms with Gasteiger partial charge in [0.05, 0.1) is 0 Å². The van der Waals surface area contributed by atoms with Crippen LogP contribution in [-0.4, -0.2) is 6.88 Å². The number of halogens is 2. The Kier molecular flexibility index (Phi) is 19.6. The average Bonchev–Trinajstić information content (AvgIpc) is 3.33.